The third-order valence-corrected chi connectivity index (χ3v) is 5.34. The van der Waals surface area contributed by atoms with E-state index in [-0.39, 0.29) is 0 Å². The highest BCUT2D eigenvalue weighted by molar-refractivity contribution is 7.99. The van der Waals surface area contributed by atoms with Crippen molar-refractivity contribution in [3.63, 3.8) is 0 Å². The van der Waals surface area contributed by atoms with Crippen LogP contribution in [-0.2, 0) is 5.75 Å². The lowest BCUT2D eigenvalue weighted by Crippen LogP contribution is -1.93. The highest BCUT2D eigenvalue weighted by Gasteiger charge is 2.00. The predicted octanol–water partition coefficient (Wildman–Crippen LogP) is 5.32. The first-order valence-corrected chi connectivity index (χ1v) is 9.30. The van der Waals surface area contributed by atoms with Gasteiger partial charge < -0.3 is 0 Å². The maximum atomic E-state index is 2.29. The van der Waals surface area contributed by atoms with Crippen LogP contribution >= 0.6 is 23.5 Å². The third-order valence-electron chi connectivity index (χ3n) is 3.08. The van der Waals surface area contributed by atoms with Crippen molar-refractivity contribution in [2.45, 2.75) is 25.0 Å². The summed E-state index contributed by atoms with van der Waals surface area (Å²) in [5.74, 6) is 4.96. The highest BCUT2D eigenvalue weighted by atomic mass is 32.2. The Kier molecular flexibility index (Phi) is 7.27. The molecule has 2 rings (SSSR count). The molecule has 0 saturated carbocycles. The van der Waals surface area contributed by atoms with Crippen molar-refractivity contribution < 1.29 is 0 Å². The molecule has 0 radical (unpaired) electrons. The normalized spacial score (nSPS) is 14.4. The van der Waals surface area contributed by atoms with E-state index in [0.717, 1.165) is 5.75 Å². The second kappa shape index (κ2) is 9.33. The Morgan fingerprint density at radius 3 is 2.47 bits per heavy atom. The predicted molar refractivity (Wildman–Crippen MR) is 91.0 cm³/mol. The van der Waals surface area contributed by atoms with Crippen LogP contribution in [0.4, 0.5) is 0 Å². The number of allylic oxidation sites excluding steroid dienone is 3. The van der Waals surface area contributed by atoms with Gasteiger partial charge in [0, 0.05) is 11.5 Å². The Morgan fingerprint density at radius 1 is 0.947 bits per heavy atom. The van der Waals surface area contributed by atoms with E-state index in [1.54, 1.807) is 5.57 Å². The van der Waals surface area contributed by atoms with Crippen molar-refractivity contribution in [1.82, 2.24) is 0 Å². The van der Waals surface area contributed by atoms with Gasteiger partial charge in [0.15, 0.2) is 0 Å². The molecule has 0 bridgehead atoms. The van der Waals surface area contributed by atoms with E-state index in [0.29, 0.717) is 0 Å². The Labute approximate surface area is 125 Å². The van der Waals surface area contributed by atoms with Crippen LogP contribution in [0.15, 0.2) is 54.1 Å². The van der Waals surface area contributed by atoms with Gasteiger partial charge in [-0.1, -0.05) is 54.1 Å². The Balaban J connectivity index is 1.46. The average molecular weight is 290 g/mol. The lowest BCUT2D eigenvalue weighted by atomic mass is 10.1. The molecule has 0 saturated heterocycles. The van der Waals surface area contributed by atoms with Gasteiger partial charge in [-0.05, 0) is 36.3 Å². The molecule has 0 amide bonds. The fourth-order valence-electron chi connectivity index (χ4n) is 2.00. The zero-order valence-corrected chi connectivity index (χ0v) is 13.0. The summed E-state index contributed by atoms with van der Waals surface area (Å²) < 4.78 is 0. The summed E-state index contributed by atoms with van der Waals surface area (Å²) in [6.45, 7) is 0. The first-order valence-electron chi connectivity index (χ1n) is 6.99. The Hall–Kier alpha value is -0.600. The summed E-state index contributed by atoms with van der Waals surface area (Å²) in [6, 6.07) is 10.8. The number of hydrogen-bond acceptors (Lipinski definition) is 2. The smallest absolute Gasteiger partial charge is 0.0184 e. The molecule has 1 aliphatic carbocycles. The van der Waals surface area contributed by atoms with Gasteiger partial charge in [0.25, 0.3) is 0 Å². The second-order valence-electron chi connectivity index (χ2n) is 4.74. The molecule has 0 unspecified atom stereocenters. The number of rotatable bonds is 8. The van der Waals surface area contributed by atoms with Crippen molar-refractivity contribution in [3.8, 4) is 0 Å². The van der Waals surface area contributed by atoms with Crippen molar-refractivity contribution in [2.75, 3.05) is 17.3 Å². The van der Waals surface area contributed by atoms with Crippen LogP contribution in [-0.4, -0.2) is 17.3 Å². The summed E-state index contributed by atoms with van der Waals surface area (Å²) in [6.07, 6.45) is 10.6. The standard InChI is InChI=1S/C17H22S2/c1-3-8-16(9-4-1)14-18-12-7-13-19-15-17-10-5-2-6-11-17/h1-5,8-10H,6-7,11-15H2. The van der Waals surface area contributed by atoms with Crippen molar-refractivity contribution in [3.05, 3.63) is 59.7 Å². The average Bonchev–Trinajstić information content (AvgIpc) is 2.48. The largest absolute Gasteiger partial charge is 0.158 e. The summed E-state index contributed by atoms with van der Waals surface area (Å²) >= 11 is 4.14. The van der Waals surface area contributed by atoms with Crippen molar-refractivity contribution >= 4 is 23.5 Å². The van der Waals surface area contributed by atoms with Gasteiger partial charge in [-0.15, -0.1) is 0 Å². The molecule has 0 atom stereocenters. The topological polar surface area (TPSA) is 0 Å². The molecule has 1 aromatic carbocycles. The zero-order chi connectivity index (χ0) is 13.2. The minimum atomic E-state index is 1.15. The van der Waals surface area contributed by atoms with Crippen LogP contribution in [0, 0.1) is 0 Å². The van der Waals surface area contributed by atoms with Crippen LogP contribution in [0.2, 0.25) is 0 Å². The SMILES string of the molecule is C1=CCCC(CSCCCSCc2ccccc2)=C1. The number of benzene rings is 1. The summed E-state index contributed by atoms with van der Waals surface area (Å²) in [7, 11) is 0. The minimum Gasteiger partial charge on any atom is -0.158 e. The van der Waals surface area contributed by atoms with E-state index in [1.165, 1.54) is 42.1 Å². The van der Waals surface area contributed by atoms with Crippen molar-refractivity contribution in [1.29, 1.82) is 0 Å². The van der Waals surface area contributed by atoms with Crippen LogP contribution in [0.3, 0.4) is 0 Å². The molecule has 0 aliphatic heterocycles. The van der Waals surface area contributed by atoms with Gasteiger partial charge in [0.05, 0.1) is 0 Å². The molecule has 102 valence electrons. The molecule has 1 aliphatic rings. The number of hydrogen-bond donors (Lipinski definition) is 0. The second-order valence-corrected chi connectivity index (χ2v) is 6.95. The van der Waals surface area contributed by atoms with E-state index in [2.05, 4.69) is 72.1 Å². The molecule has 0 heterocycles. The maximum absolute atomic E-state index is 2.29. The molecule has 0 spiro atoms. The van der Waals surface area contributed by atoms with Crippen LogP contribution in [0.25, 0.3) is 0 Å². The molecule has 19 heavy (non-hydrogen) atoms. The summed E-state index contributed by atoms with van der Waals surface area (Å²) in [4.78, 5) is 0. The molecule has 0 aromatic heterocycles. The first kappa shape index (κ1) is 14.8. The van der Waals surface area contributed by atoms with Gasteiger partial charge in [0.2, 0.25) is 0 Å². The van der Waals surface area contributed by atoms with E-state index < -0.39 is 0 Å². The molecule has 0 N–H and O–H groups in total. The van der Waals surface area contributed by atoms with E-state index in [1.807, 2.05) is 0 Å². The quantitative estimate of drug-likeness (QED) is 0.594. The fourth-order valence-corrected chi connectivity index (χ4v) is 4.10. The van der Waals surface area contributed by atoms with Gasteiger partial charge >= 0.3 is 0 Å². The van der Waals surface area contributed by atoms with Gasteiger partial charge in [-0.3, -0.25) is 0 Å². The minimum absolute atomic E-state index is 1.15. The lowest BCUT2D eigenvalue weighted by molar-refractivity contribution is 0.965. The molecule has 0 fully saturated rings. The van der Waals surface area contributed by atoms with E-state index in [4.69, 9.17) is 0 Å². The van der Waals surface area contributed by atoms with Crippen LogP contribution < -0.4 is 0 Å². The third kappa shape index (κ3) is 6.40. The number of thioether (sulfide) groups is 2. The summed E-state index contributed by atoms with van der Waals surface area (Å²) in [5.41, 5.74) is 3.06. The lowest BCUT2D eigenvalue weighted by Gasteiger charge is -2.08. The van der Waals surface area contributed by atoms with Crippen LogP contribution in [0.5, 0.6) is 0 Å². The molecule has 2 heteroatoms. The summed E-state index contributed by atoms with van der Waals surface area (Å²) in [5, 5.41) is 0. The molecule has 0 nitrogen and oxygen atoms in total. The fraction of sp³-hybridized carbons (Fsp3) is 0.412. The van der Waals surface area contributed by atoms with Crippen molar-refractivity contribution in [2.24, 2.45) is 0 Å². The highest BCUT2D eigenvalue weighted by Crippen LogP contribution is 2.19. The van der Waals surface area contributed by atoms with E-state index >= 15 is 0 Å². The monoisotopic (exact) mass is 290 g/mol. The van der Waals surface area contributed by atoms with Gasteiger partial charge in [-0.25, -0.2) is 0 Å². The van der Waals surface area contributed by atoms with Gasteiger partial charge in [0.1, 0.15) is 0 Å². The Morgan fingerprint density at radius 2 is 1.74 bits per heavy atom. The molecular formula is C17H22S2. The maximum Gasteiger partial charge on any atom is 0.0184 e. The Bertz CT molecular complexity index is 407. The van der Waals surface area contributed by atoms with Crippen LogP contribution in [0.1, 0.15) is 24.8 Å². The molecular weight excluding hydrogens is 268 g/mol. The molecule has 1 aromatic rings. The van der Waals surface area contributed by atoms with E-state index in [9.17, 15) is 0 Å². The first-order chi connectivity index (χ1) is 9.45. The van der Waals surface area contributed by atoms with Gasteiger partial charge in [-0.2, -0.15) is 23.5 Å². The zero-order valence-electron chi connectivity index (χ0n) is 11.4.